The normalized spacial score (nSPS) is 1.00. The number of hydrogen-bond acceptors (Lipinski definition) is 1. The van der Waals surface area contributed by atoms with Crippen molar-refractivity contribution in [3.8, 4) is 0 Å². The zero-order valence-electron chi connectivity index (χ0n) is 1.93. The van der Waals surface area contributed by atoms with Gasteiger partial charge < -0.3 is 0 Å². The van der Waals surface area contributed by atoms with Crippen LogP contribution in [0.1, 0.15) is 0 Å². The van der Waals surface area contributed by atoms with E-state index in [0.717, 1.165) is 0 Å². The Balaban J connectivity index is -0.00000000500. The van der Waals surface area contributed by atoms with Crippen LogP contribution in [0, 0.1) is 0 Å². The first-order valence-electron chi connectivity index (χ1n) is 0.204. The molecule has 0 saturated carbocycles. The molecule has 0 atom stereocenters. The molecule has 0 N–H and O–H groups in total. The molecule has 0 heterocycles. The van der Waals surface area contributed by atoms with Crippen molar-refractivity contribution in [3.63, 3.8) is 0 Å². The largest absolute Gasteiger partial charge is 0 e. The SMILES string of the molecule is [O]=[Sn].[Ta].[Y]. The van der Waals surface area contributed by atoms with Crippen molar-refractivity contribution in [2.75, 3.05) is 0 Å². The average Bonchev–Trinajstić information content (AvgIpc) is 1.00. The number of hydrogen-bond donors (Lipinski definition) is 0. The van der Waals surface area contributed by atoms with Crippen LogP contribution in [0.3, 0.4) is 0 Å². The smallest absolute Gasteiger partial charge is 0 e. The predicted molar refractivity (Wildman–Crippen MR) is 6.44 cm³/mol. The Bertz CT molecular complexity index is 8.00. The van der Waals surface area contributed by atoms with E-state index in [-0.39, 0.29) is 55.1 Å². The van der Waals surface area contributed by atoms with Crippen molar-refractivity contribution >= 4 is 22.5 Å². The van der Waals surface area contributed by atoms with Gasteiger partial charge in [0.15, 0.2) is 0 Å². The van der Waals surface area contributed by atoms with E-state index in [4.69, 9.17) is 3.08 Å². The van der Waals surface area contributed by atoms with Gasteiger partial charge in [-0.1, -0.05) is 0 Å². The third kappa shape index (κ3) is 8.82. The van der Waals surface area contributed by atoms with Gasteiger partial charge in [-0.25, -0.2) is 0 Å². The summed E-state index contributed by atoms with van der Waals surface area (Å²) in [5, 5.41) is 0. The second-order valence-electron chi connectivity index (χ2n) is 0. The summed E-state index contributed by atoms with van der Waals surface area (Å²) in [6.45, 7) is 0. The molecule has 0 aromatic carbocycles. The molecule has 0 fully saturated rings. The van der Waals surface area contributed by atoms with E-state index in [0.29, 0.717) is 22.5 Å². The molecule has 0 saturated heterocycles. The van der Waals surface area contributed by atoms with Gasteiger partial charge in [0, 0.05) is 55.1 Å². The number of rotatable bonds is 0. The molecule has 0 rings (SSSR count). The van der Waals surface area contributed by atoms with Gasteiger partial charge in [-0.3, -0.25) is 0 Å². The van der Waals surface area contributed by atoms with Gasteiger partial charge in [0.2, 0.25) is 0 Å². The molecule has 1 nitrogen and oxygen atoms in total. The third-order valence-corrected chi connectivity index (χ3v) is 0. The summed E-state index contributed by atoms with van der Waals surface area (Å²) < 4.78 is 8.34. The first-order valence-corrected chi connectivity index (χ1v) is 1.37. The maximum Gasteiger partial charge on any atom is 0 e. The molecule has 18 valence electrons. The molecular weight excluding hydrogens is 405 g/mol. The van der Waals surface area contributed by atoms with E-state index in [2.05, 4.69) is 0 Å². The van der Waals surface area contributed by atoms with Crippen LogP contribution in [0.5, 0.6) is 0 Å². The van der Waals surface area contributed by atoms with Crippen LogP contribution in [0.4, 0.5) is 0 Å². The van der Waals surface area contributed by atoms with Crippen LogP contribution in [-0.4, -0.2) is 22.5 Å². The fraction of sp³-hybridized carbons (Fsp3) is 0. The Hall–Kier alpha value is 2.44. The van der Waals surface area contributed by atoms with E-state index in [1.165, 1.54) is 0 Å². The molecule has 0 aromatic heterocycles. The van der Waals surface area contributed by atoms with E-state index in [9.17, 15) is 0 Å². The Morgan fingerprint density at radius 1 is 1.25 bits per heavy atom. The van der Waals surface area contributed by atoms with Crippen molar-refractivity contribution in [3.05, 3.63) is 0 Å². The van der Waals surface area contributed by atoms with Crippen LogP contribution >= 0.6 is 0 Å². The maximum atomic E-state index is 8.34. The van der Waals surface area contributed by atoms with Gasteiger partial charge in [-0.05, 0) is 0 Å². The van der Waals surface area contributed by atoms with E-state index >= 15 is 0 Å². The van der Waals surface area contributed by atoms with Gasteiger partial charge in [0.1, 0.15) is 0 Å². The molecule has 0 aliphatic heterocycles. The zero-order chi connectivity index (χ0) is 2.00. The molecule has 0 amide bonds. The van der Waals surface area contributed by atoms with Crippen LogP contribution in [0.15, 0.2) is 0 Å². The monoisotopic (exact) mass is 406 g/mol. The van der Waals surface area contributed by atoms with Gasteiger partial charge in [-0.15, -0.1) is 0 Å². The summed E-state index contributed by atoms with van der Waals surface area (Å²) in [5.74, 6) is 0. The minimum atomic E-state index is 0. The minimum Gasteiger partial charge on any atom is 0 e. The molecule has 4 heavy (non-hydrogen) atoms. The molecule has 0 unspecified atom stereocenters. The molecule has 0 bridgehead atoms. The molecule has 0 aliphatic carbocycles. The summed E-state index contributed by atoms with van der Waals surface area (Å²) >= 11 is 0.300. The van der Waals surface area contributed by atoms with Gasteiger partial charge in [0.25, 0.3) is 0 Å². The summed E-state index contributed by atoms with van der Waals surface area (Å²) in [5.41, 5.74) is 0. The predicted octanol–water partition coefficient (Wildman–Crippen LogP) is -0.505. The maximum absolute atomic E-state index is 8.34. The molecule has 4 radical (unpaired) electrons. The van der Waals surface area contributed by atoms with Crippen molar-refractivity contribution in [2.45, 2.75) is 0 Å². The van der Waals surface area contributed by atoms with Gasteiger partial charge >= 0.3 is 25.6 Å². The van der Waals surface area contributed by atoms with Crippen LogP contribution in [0.2, 0.25) is 0 Å². The molecule has 0 aromatic rings. The van der Waals surface area contributed by atoms with Crippen molar-refractivity contribution in [1.29, 1.82) is 0 Å². The summed E-state index contributed by atoms with van der Waals surface area (Å²) in [7, 11) is 0. The van der Waals surface area contributed by atoms with Gasteiger partial charge in [0.05, 0.1) is 0 Å². The van der Waals surface area contributed by atoms with Crippen molar-refractivity contribution in [2.24, 2.45) is 0 Å². The molecule has 0 spiro atoms. The first-order chi connectivity index (χ1) is 1.00. The molecule has 4 heteroatoms. The fourth-order valence-corrected chi connectivity index (χ4v) is 0. The molecule has 0 aliphatic rings. The second-order valence-corrected chi connectivity index (χ2v) is 0. The topological polar surface area (TPSA) is 17.1 Å². The van der Waals surface area contributed by atoms with Crippen LogP contribution in [-0.2, 0) is 58.2 Å². The third-order valence-electron chi connectivity index (χ3n) is 0. The fourth-order valence-electron chi connectivity index (χ4n) is 0. The van der Waals surface area contributed by atoms with E-state index < -0.39 is 0 Å². The van der Waals surface area contributed by atoms with Crippen molar-refractivity contribution in [1.82, 2.24) is 0 Å². The Morgan fingerprint density at radius 2 is 1.25 bits per heavy atom. The van der Waals surface area contributed by atoms with Gasteiger partial charge in [-0.2, -0.15) is 0 Å². The minimum absolute atomic E-state index is 0. The molecular formula is OSnTaY. The Kier molecular flexibility index (Phi) is 72.5. The zero-order valence-corrected chi connectivity index (χ0v) is 10.8. The quantitative estimate of drug-likeness (QED) is 0.498. The first kappa shape index (κ1) is 16.1. The van der Waals surface area contributed by atoms with E-state index in [1.54, 1.807) is 0 Å². The Morgan fingerprint density at radius 3 is 1.25 bits per heavy atom. The van der Waals surface area contributed by atoms with Crippen molar-refractivity contribution < 1.29 is 58.2 Å². The van der Waals surface area contributed by atoms with E-state index in [1.807, 2.05) is 0 Å². The summed E-state index contributed by atoms with van der Waals surface area (Å²) in [6.07, 6.45) is 0. The standard InChI is InChI=1S/O.Sn.Ta.Y. The van der Waals surface area contributed by atoms with Crippen LogP contribution in [0.25, 0.3) is 0 Å². The summed E-state index contributed by atoms with van der Waals surface area (Å²) in [4.78, 5) is 0. The Labute approximate surface area is 79.1 Å². The van der Waals surface area contributed by atoms with Crippen LogP contribution < -0.4 is 0 Å². The second kappa shape index (κ2) is 18.0. The average molecular weight is 405 g/mol. The summed E-state index contributed by atoms with van der Waals surface area (Å²) in [6, 6.07) is 0.